The van der Waals surface area contributed by atoms with Crippen LogP contribution in [-0.2, 0) is 11.8 Å². The van der Waals surface area contributed by atoms with Crippen molar-refractivity contribution in [1.29, 1.82) is 0 Å². The van der Waals surface area contributed by atoms with Gasteiger partial charge in [-0.05, 0) is 0 Å². The van der Waals surface area contributed by atoms with Crippen LogP contribution in [0.3, 0.4) is 0 Å². The predicted octanol–water partition coefficient (Wildman–Crippen LogP) is 0.272. The summed E-state index contributed by atoms with van der Waals surface area (Å²) in [5, 5.41) is 6.82. The minimum Gasteiger partial charge on any atom is -0.358 e. The van der Waals surface area contributed by atoms with Gasteiger partial charge >= 0.3 is 0 Å². The molecule has 5 nitrogen and oxygen atoms in total. The number of hydrogen-bond acceptors (Lipinski definition) is 4. The third-order valence-corrected chi connectivity index (χ3v) is 2.99. The molecular formula is C8H10ClN3O2S. The van der Waals surface area contributed by atoms with Crippen molar-refractivity contribution in [3.05, 3.63) is 21.4 Å². The van der Waals surface area contributed by atoms with Gasteiger partial charge < -0.3 is 5.32 Å². The summed E-state index contributed by atoms with van der Waals surface area (Å²) in [6, 6.07) is 1.36. The molecule has 0 aliphatic carbocycles. The molecule has 1 N–H and O–H groups in total. The van der Waals surface area contributed by atoms with E-state index in [0.717, 1.165) is 0 Å². The Morgan fingerprint density at radius 3 is 3.00 bits per heavy atom. The van der Waals surface area contributed by atoms with Gasteiger partial charge in [0, 0.05) is 20.2 Å². The second-order valence-corrected chi connectivity index (χ2v) is 4.08. The standard InChI is InChI=1S/C8H10ClN3O2S/c1-10-6(14)4-15-7-3-5(13)8(9)11-12(7)2/h3H,4H2,1-2H3,(H,10,14). The molecule has 0 unspecified atom stereocenters. The Balaban J connectivity index is 2.82. The van der Waals surface area contributed by atoms with E-state index in [0.29, 0.717) is 5.03 Å². The SMILES string of the molecule is CNC(=O)CSc1cc(=O)c(Cl)nn1C. The maximum atomic E-state index is 11.2. The minimum atomic E-state index is -0.339. The average molecular weight is 248 g/mol. The third-order valence-electron chi connectivity index (χ3n) is 1.64. The highest BCUT2D eigenvalue weighted by atomic mass is 35.5. The van der Waals surface area contributed by atoms with Gasteiger partial charge in [-0.2, -0.15) is 5.10 Å². The highest BCUT2D eigenvalue weighted by Gasteiger charge is 2.06. The van der Waals surface area contributed by atoms with Crippen molar-refractivity contribution in [1.82, 2.24) is 15.1 Å². The zero-order chi connectivity index (χ0) is 11.4. The van der Waals surface area contributed by atoms with E-state index < -0.39 is 0 Å². The smallest absolute Gasteiger partial charge is 0.230 e. The van der Waals surface area contributed by atoms with E-state index >= 15 is 0 Å². The monoisotopic (exact) mass is 247 g/mol. The van der Waals surface area contributed by atoms with E-state index in [1.165, 1.54) is 22.5 Å². The summed E-state index contributed by atoms with van der Waals surface area (Å²) in [6.45, 7) is 0. The molecule has 0 aliphatic heterocycles. The molecule has 0 bridgehead atoms. The van der Waals surface area contributed by atoms with Crippen molar-refractivity contribution in [3.63, 3.8) is 0 Å². The fourth-order valence-corrected chi connectivity index (χ4v) is 1.85. The molecule has 0 aliphatic rings. The van der Waals surface area contributed by atoms with Crippen molar-refractivity contribution >= 4 is 29.3 Å². The fourth-order valence-electron chi connectivity index (χ4n) is 0.842. The summed E-state index contributed by atoms with van der Waals surface area (Å²) in [5.74, 6) is 0.134. The largest absolute Gasteiger partial charge is 0.358 e. The Hall–Kier alpha value is -1.01. The summed E-state index contributed by atoms with van der Waals surface area (Å²) in [7, 11) is 3.22. The zero-order valence-electron chi connectivity index (χ0n) is 8.28. The molecule has 0 atom stereocenters. The van der Waals surface area contributed by atoms with Crippen molar-refractivity contribution < 1.29 is 4.79 Å². The normalized spacial score (nSPS) is 10.1. The van der Waals surface area contributed by atoms with E-state index in [-0.39, 0.29) is 22.2 Å². The Kier molecular flexibility index (Phi) is 4.16. The lowest BCUT2D eigenvalue weighted by Gasteiger charge is -2.05. The minimum absolute atomic E-state index is 0.0678. The molecule has 1 rings (SSSR count). The van der Waals surface area contributed by atoms with Gasteiger partial charge in [0.2, 0.25) is 11.3 Å². The number of aryl methyl sites for hydroxylation is 1. The first kappa shape index (κ1) is 12.1. The lowest BCUT2D eigenvalue weighted by Crippen LogP contribution is -2.20. The van der Waals surface area contributed by atoms with E-state index in [2.05, 4.69) is 10.4 Å². The second kappa shape index (κ2) is 5.18. The first-order valence-corrected chi connectivity index (χ1v) is 5.48. The van der Waals surface area contributed by atoms with E-state index in [1.807, 2.05) is 0 Å². The molecule has 7 heteroatoms. The maximum absolute atomic E-state index is 11.2. The number of amides is 1. The molecule has 0 saturated carbocycles. The van der Waals surface area contributed by atoms with Crippen LogP contribution in [0.2, 0.25) is 5.15 Å². The summed E-state index contributed by atoms with van der Waals surface area (Å²) in [6.07, 6.45) is 0. The van der Waals surface area contributed by atoms with E-state index in [1.54, 1.807) is 14.1 Å². The lowest BCUT2D eigenvalue weighted by molar-refractivity contribution is -0.118. The number of nitrogens with zero attached hydrogens (tertiary/aromatic N) is 2. The predicted molar refractivity (Wildman–Crippen MR) is 59.3 cm³/mol. The molecule has 82 valence electrons. The zero-order valence-corrected chi connectivity index (χ0v) is 9.85. The molecule has 0 radical (unpaired) electrons. The van der Waals surface area contributed by atoms with Gasteiger partial charge in [-0.25, -0.2) is 0 Å². The fraction of sp³-hybridized carbons (Fsp3) is 0.375. The van der Waals surface area contributed by atoms with Crippen molar-refractivity contribution in [2.75, 3.05) is 12.8 Å². The van der Waals surface area contributed by atoms with Crippen LogP contribution in [0.4, 0.5) is 0 Å². The summed E-state index contributed by atoms with van der Waals surface area (Å²) in [5.41, 5.74) is -0.339. The van der Waals surface area contributed by atoms with Crippen LogP contribution in [0.5, 0.6) is 0 Å². The van der Waals surface area contributed by atoms with Crippen LogP contribution in [0, 0.1) is 0 Å². The van der Waals surface area contributed by atoms with Crippen LogP contribution in [0.1, 0.15) is 0 Å². The molecule has 0 spiro atoms. The molecule has 1 heterocycles. The number of rotatable bonds is 3. The van der Waals surface area contributed by atoms with Gasteiger partial charge in [-0.15, -0.1) is 0 Å². The highest BCUT2D eigenvalue weighted by molar-refractivity contribution is 7.99. The van der Waals surface area contributed by atoms with Crippen LogP contribution in [0.15, 0.2) is 15.9 Å². The number of carbonyl (C=O) groups excluding carboxylic acids is 1. The maximum Gasteiger partial charge on any atom is 0.230 e. The van der Waals surface area contributed by atoms with E-state index in [9.17, 15) is 9.59 Å². The number of aromatic nitrogens is 2. The number of carbonyl (C=O) groups is 1. The van der Waals surface area contributed by atoms with Crippen LogP contribution in [0.25, 0.3) is 0 Å². The molecule has 1 amide bonds. The van der Waals surface area contributed by atoms with Crippen molar-refractivity contribution in [2.45, 2.75) is 5.03 Å². The van der Waals surface area contributed by atoms with Crippen LogP contribution >= 0.6 is 23.4 Å². The highest BCUT2D eigenvalue weighted by Crippen LogP contribution is 2.14. The van der Waals surface area contributed by atoms with Gasteiger partial charge in [0.1, 0.15) is 0 Å². The quantitative estimate of drug-likeness (QED) is 0.779. The average Bonchev–Trinajstić information content (AvgIpc) is 2.21. The molecule has 0 fully saturated rings. The van der Waals surface area contributed by atoms with Crippen LogP contribution < -0.4 is 10.7 Å². The Morgan fingerprint density at radius 1 is 1.73 bits per heavy atom. The Labute approximate surface area is 95.8 Å². The summed E-state index contributed by atoms with van der Waals surface area (Å²) < 4.78 is 1.47. The number of thioether (sulfide) groups is 1. The van der Waals surface area contributed by atoms with Gasteiger partial charge in [0.15, 0.2) is 5.15 Å². The second-order valence-electron chi connectivity index (χ2n) is 2.72. The molecule has 1 aromatic heterocycles. The number of hydrogen-bond donors (Lipinski definition) is 1. The third kappa shape index (κ3) is 3.24. The molecule has 1 aromatic rings. The number of nitrogens with one attached hydrogen (secondary N) is 1. The topological polar surface area (TPSA) is 64.0 Å². The van der Waals surface area contributed by atoms with Gasteiger partial charge in [0.05, 0.1) is 10.8 Å². The lowest BCUT2D eigenvalue weighted by atomic mass is 10.6. The summed E-state index contributed by atoms with van der Waals surface area (Å²) in [4.78, 5) is 22.2. The van der Waals surface area contributed by atoms with Gasteiger partial charge in [0.25, 0.3) is 0 Å². The molecule has 15 heavy (non-hydrogen) atoms. The summed E-state index contributed by atoms with van der Waals surface area (Å²) >= 11 is 6.78. The van der Waals surface area contributed by atoms with Gasteiger partial charge in [-0.1, -0.05) is 23.4 Å². The van der Waals surface area contributed by atoms with Crippen molar-refractivity contribution in [3.8, 4) is 0 Å². The van der Waals surface area contributed by atoms with E-state index in [4.69, 9.17) is 11.6 Å². The first-order chi connectivity index (χ1) is 7.04. The Morgan fingerprint density at radius 2 is 2.40 bits per heavy atom. The number of halogens is 1. The molecule has 0 saturated heterocycles. The van der Waals surface area contributed by atoms with Crippen LogP contribution in [-0.4, -0.2) is 28.5 Å². The first-order valence-electron chi connectivity index (χ1n) is 4.12. The van der Waals surface area contributed by atoms with Crippen molar-refractivity contribution in [2.24, 2.45) is 7.05 Å². The molecular weight excluding hydrogens is 238 g/mol. The Bertz CT molecular complexity index is 432. The van der Waals surface area contributed by atoms with Gasteiger partial charge in [-0.3, -0.25) is 14.3 Å². The molecule has 0 aromatic carbocycles.